The summed E-state index contributed by atoms with van der Waals surface area (Å²) in [6, 6.07) is 10.2. The van der Waals surface area contributed by atoms with Crippen molar-refractivity contribution in [1.29, 1.82) is 0 Å². The molecular weight excluding hydrogens is 260 g/mol. The summed E-state index contributed by atoms with van der Waals surface area (Å²) in [6.07, 6.45) is 3.96. The molecule has 0 amide bonds. The first-order chi connectivity index (χ1) is 10.1. The van der Waals surface area contributed by atoms with E-state index >= 15 is 0 Å². The minimum atomic E-state index is -0.490. The van der Waals surface area contributed by atoms with E-state index in [1.807, 2.05) is 18.2 Å². The van der Waals surface area contributed by atoms with E-state index in [4.69, 9.17) is 0 Å². The van der Waals surface area contributed by atoms with Crippen molar-refractivity contribution < 1.29 is 5.11 Å². The second-order valence-electron chi connectivity index (χ2n) is 5.54. The highest BCUT2D eigenvalue weighted by atomic mass is 16.3. The first-order valence-corrected chi connectivity index (χ1v) is 7.49. The van der Waals surface area contributed by atoms with Gasteiger partial charge in [0.15, 0.2) is 0 Å². The normalized spacial score (nSPS) is 13.9. The summed E-state index contributed by atoms with van der Waals surface area (Å²) in [7, 11) is 0. The standard InChI is InChI=1S/C18H24N2O/c1-4-17(20-12-15-7-9-19-10-8-15)18(21)16-6-5-13(2)14(3)11-16/h5-11,17-18,20-21H,4,12H2,1-3H3. The Morgan fingerprint density at radius 1 is 1.10 bits per heavy atom. The van der Waals surface area contributed by atoms with E-state index in [2.05, 4.69) is 43.2 Å². The number of hydrogen-bond acceptors (Lipinski definition) is 3. The van der Waals surface area contributed by atoms with Crippen molar-refractivity contribution in [2.75, 3.05) is 0 Å². The van der Waals surface area contributed by atoms with Crippen molar-refractivity contribution >= 4 is 0 Å². The van der Waals surface area contributed by atoms with Crippen molar-refractivity contribution in [2.45, 2.75) is 45.9 Å². The van der Waals surface area contributed by atoms with Crippen molar-refractivity contribution in [3.8, 4) is 0 Å². The van der Waals surface area contributed by atoms with Gasteiger partial charge >= 0.3 is 0 Å². The van der Waals surface area contributed by atoms with Gasteiger partial charge in [-0.3, -0.25) is 4.98 Å². The molecule has 2 N–H and O–H groups in total. The summed E-state index contributed by atoms with van der Waals surface area (Å²) in [5.41, 5.74) is 4.63. The van der Waals surface area contributed by atoms with Crippen molar-refractivity contribution in [3.63, 3.8) is 0 Å². The zero-order chi connectivity index (χ0) is 15.2. The molecule has 3 nitrogen and oxygen atoms in total. The Labute approximate surface area is 127 Å². The number of aromatic nitrogens is 1. The Morgan fingerprint density at radius 3 is 2.43 bits per heavy atom. The zero-order valence-electron chi connectivity index (χ0n) is 13.0. The summed E-state index contributed by atoms with van der Waals surface area (Å²) in [6.45, 7) is 7.00. The van der Waals surface area contributed by atoms with E-state index in [0.29, 0.717) is 0 Å². The molecule has 1 heterocycles. The van der Waals surface area contributed by atoms with Crippen LogP contribution in [-0.2, 0) is 6.54 Å². The van der Waals surface area contributed by atoms with Crippen molar-refractivity contribution in [1.82, 2.24) is 10.3 Å². The first-order valence-electron chi connectivity index (χ1n) is 7.49. The third kappa shape index (κ3) is 4.13. The second kappa shape index (κ2) is 7.34. The number of benzene rings is 1. The highest BCUT2D eigenvalue weighted by molar-refractivity contribution is 5.31. The van der Waals surface area contributed by atoms with Crippen LogP contribution in [0.25, 0.3) is 0 Å². The lowest BCUT2D eigenvalue weighted by Gasteiger charge is -2.24. The predicted molar refractivity (Wildman–Crippen MR) is 86.0 cm³/mol. The number of pyridine rings is 1. The SMILES string of the molecule is CCC(NCc1ccncc1)C(O)c1ccc(C)c(C)c1. The summed E-state index contributed by atoms with van der Waals surface area (Å²) in [5.74, 6) is 0. The Morgan fingerprint density at radius 2 is 1.81 bits per heavy atom. The van der Waals surface area contributed by atoms with Gasteiger partial charge in [-0.1, -0.05) is 25.1 Å². The number of nitrogens with one attached hydrogen (secondary N) is 1. The van der Waals surface area contributed by atoms with Gasteiger partial charge in [0.05, 0.1) is 6.10 Å². The molecule has 0 aliphatic heterocycles. The van der Waals surface area contributed by atoms with Gasteiger partial charge in [0, 0.05) is 25.0 Å². The number of aliphatic hydroxyl groups is 1. The molecule has 2 unspecified atom stereocenters. The molecule has 0 aliphatic rings. The van der Waals surface area contributed by atoms with Gasteiger partial charge in [-0.15, -0.1) is 0 Å². The van der Waals surface area contributed by atoms with E-state index in [1.165, 1.54) is 16.7 Å². The summed E-state index contributed by atoms with van der Waals surface area (Å²) in [5, 5.41) is 14.0. The Bertz CT molecular complexity index is 569. The predicted octanol–water partition coefficient (Wildman–Crippen LogP) is 3.30. The van der Waals surface area contributed by atoms with Crippen LogP contribution in [0.5, 0.6) is 0 Å². The summed E-state index contributed by atoms with van der Waals surface area (Å²) in [4.78, 5) is 4.02. The van der Waals surface area contributed by atoms with Crippen LogP contribution in [0.4, 0.5) is 0 Å². The largest absolute Gasteiger partial charge is 0.387 e. The maximum Gasteiger partial charge on any atom is 0.0943 e. The van der Waals surface area contributed by atoms with Crippen LogP contribution in [0.2, 0.25) is 0 Å². The molecule has 0 saturated heterocycles. The second-order valence-corrected chi connectivity index (χ2v) is 5.54. The van der Waals surface area contributed by atoms with Gasteiger partial charge in [-0.25, -0.2) is 0 Å². The lowest BCUT2D eigenvalue weighted by atomic mass is 9.97. The van der Waals surface area contributed by atoms with Crippen LogP contribution < -0.4 is 5.32 Å². The number of hydrogen-bond donors (Lipinski definition) is 2. The molecule has 1 aromatic carbocycles. The van der Waals surface area contributed by atoms with Gasteiger partial charge in [-0.05, 0) is 54.7 Å². The molecule has 1 aromatic heterocycles. The Hall–Kier alpha value is -1.71. The zero-order valence-corrected chi connectivity index (χ0v) is 13.0. The lowest BCUT2D eigenvalue weighted by molar-refractivity contribution is 0.125. The molecule has 0 aliphatic carbocycles. The van der Waals surface area contributed by atoms with Crippen LogP contribution in [0.15, 0.2) is 42.7 Å². The van der Waals surface area contributed by atoms with Gasteiger partial charge in [0.25, 0.3) is 0 Å². The Kier molecular flexibility index (Phi) is 5.48. The Balaban J connectivity index is 2.04. The minimum Gasteiger partial charge on any atom is -0.387 e. The highest BCUT2D eigenvalue weighted by Crippen LogP contribution is 2.21. The average molecular weight is 284 g/mol. The maximum atomic E-state index is 10.6. The van der Waals surface area contributed by atoms with Gasteiger partial charge in [0.1, 0.15) is 0 Å². The fraction of sp³-hybridized carbons (Fsp3) is 0.389. The van der Waals surface area contributed by atoms with Crippen LogP contribution in [-0.4, -0.2) is 16.1 Å². The van der Waals surface area contributed by atoms with E-state index in [1.54, 1.807) is 12.4 Å². The summed E-state index contributed by atoms with van der Waals surface area (Å²) >= 11 is 0. The lowest BCUT2D eigenvalue weighted by Crippen LogP contribution is -2.34. The van der Waals surface area contributed by atoms with Crippen LogP contribution in [0.3, 0.4) is 0 Å². The van der Waals surface area contributed by atoms with Crippen LogP contribution in [0, 0.1) is 13.8 Å². The fourth-order valence-electron chi connectivity index (χ4n) is 2.41. The minimum absolute atomic E-state index is 0.0419. The first kappa shape index (κ1) is 15.7. The van der Waals surface area contributed by atoms with E-state index < -0.39 is 6.10 Å². The monoisotopic (exact) mass is 284 g/mol. The van der Waals surface area contributed by atoms with Gasteiger partial charge < -0.3 is 10.4 Å². The number of aliphatic hydroxyl groups excluding tert-OH is 1. The molecule has 2 rings (SSSR count). The number of nitrogens with zero attached hydrogens (tertiary/aromatic N) is 1. The summed E-state index contributed by atoms with van der Waals surface area (Å²) < 4.78 is 0. The third-order valence-electron chi connectivity index (χ3n) is 4.01. The third-order valence-corrected chi connectivity index (χ3v) is 4.01. The number of aryl methyl sites for hydroxylation is 2. The molecule has 0 bridgehead atoms. The van der Waals surface area contributed by atoms with E-state index in [0.717, 1.165) is 18.5 Å². The number of rotatable bonds is 6. The van der Waals surface area contributed by atoms with Crippen molar-refractivity contribution in [2.24, 2.45) is 0 Å². The molecule has 112 valence electrons. The van der Waals surface area contributed by atoms with Crippen LogP contribution in [0.1, 0.15) is 41.7 Å². The van der Waals surface area contributed by atoms with E-state index in [-0.39, 0.29) is 6.04 Å². The molecular formula is C18H24N2O. The van der Waals surface area contributed by atoms with E-state index in [9.17, 15) is 5.11 Å². The average Bonchev–Trinajstić information content (AvgIpc) is 2.51. The topological polar surface area (TPSA) is 45.2 Å². The molecule has 0 spiro atoms. The van der Waals surface area contributed by atoms with Gasteiger partial charge in [0.2, 0.25) is 0 Å². The molecule has 2 atom stereocenters. The fourth-order valence-corrected chi connectivity index (χ4v) is 2.41. The molecule has 0 fully saturated rings. The van der Waals surface area contributed by atoms with Gasteiger partial charge in [-0.2, -0.15) is 0 Å². The van der Waals surface area contributed by atoms with Crippen molar-refractivity contribution in [3.05, 3.63) is 65.0 Å². The maximum absolute atomic E-state index is 10.6. The molecule has 2 aromatic rings. The molecule has 0 saturated carbocycles. The smallest absolute Gasteiger partial charge is 0.0943 e. The molecule has 21 heavy (non-hydrogen) atoms. The highest BCUT2D eigenvalue weighted by Gasteiger charge is 2.19. The van der Waals surface area contributed by atoms with Crippen LogP contribution >= 0.6 is 0 Å². The quantitative estimate of drug-likeness (QED) is 0.855. The molecule has 3 heteroatoms. The molecule has 0 radical (unpaired) electrons.